The summed E-state index contributed by atoms with van der Waals surface area (Å²) in [5.74, 6) is 4.11. The number of halogens is 1. The minimum Gasteiger partial charge on any atom is -0.334 e. The van der Waals surface area contributed by atoms with E-state index in [9.17, 15) is 9.18 Å². The first kappa shape index (κ1) is 15.7. The third kappa shape index (κ3) is 3.30. The number of rotatable bonds is 3. The number of carbonyl (C=O) groups excluding carboxylic acids is 1. The summed E-state index contributed by atoms with van der Waals surface area (Å²) in [4.78, 5) is 20.4. The van der Waals surface area contributed by atoms with Gasteiger partial charge in [-0.25, -0.2) is 15.2 Å². The number of anilines is 1. The minimum absolute atomic E-state index is 0.0148. The van der Waals surface area contributed by atoms with E-state index in [0.29, 0.717) is 6.54 Å². The summed E-state index contributed by atoms with van der Waals surface area (Å²) < 4.78 is 14.2. The zero-order valence-corrected chi connectivity index (χ0v) is 12.5. The molecule has 0 bridgehead atoms. The largest absolute Gasteiger partial charge is 0.334 e. The van der Waals surface area contributed by atoms with Crippen molar-refractivity contribution in [3.05, 3.63) is 23.6 Å². The molecule has 2 rings (SSSR count). The Bertz CT molecular complexity index is 510. The smallest absolute Gasteiger partial charge is 0.257 e. The fourth-order valence-corrected chi connectivity index (χ4v) is 2.72. The number of nitrogens with zero attached hydrogens (tertiary/aromatic N) is 3. The average Bonchev–Trinajstić information content (AvgIpc) is 2.68. The van der Waals surface area contributed by atoms with Crippen LogP contribution in [0.5, 0.6) is 0 Å². The summed E-state index contributed by atoms with van der Waals surface area (Å²) in [5.41, 5.74) is 2.19. The van der Waals surface area contributed by atoms with E-state index in [-0.39, 0.29) is 23.3 Å². The Labute approximate surface area is 124 Å². The number of pyridine rings is 1. The molecule has 3 N–H and O–H groups in total. The standard InChI is InChI=1S/C14H22FN5O/c1-3-10-9-19(2)7-4-8-20(10)14(21)11-5-6-17-13(18-16)12(11)15/h5-6,10H,3-4,7-9,16H2,1-2H3,(H,17,18). The van der Waals surface area contributed by atoms with Gasteiger partial charge < -0.3 is 15.2 Å². The zero-order valence-electron chi connectivity index (χ0n) is 12.5. The van der Waals surface area contributed by atoms with Crippen molar-refractivity contribution in [2.24, 2.45) is 5.84 Å². The lowest BCUT2D eigenvalue weighted by atomic mass is 10.1. The first-order chi connectivity index (χ1) is 10.1. The molecule has 1 unspecified atom stereocenters. The maximum atomic E-state index is 14.2. The molecule has 0 saturated carbocycles. The van der Waals surface area contributed by atoms with Crippen molar-refractivity contribution >= 4 is 11.7 Å². The molecule has 1 fully saturated rings. The zero-order chi connectivity index (χ0) is 15.4. The first-order valence-electron chi connectivity index (χ1n) is 7.19. The molecule has 1 aliphatic heterocycles. The second-order valence-electron chi connectivity index (χ2n) is 5.34. The molecule has 6 nitrogen and oxygen atoms in total. The third-order valence-electron chi connectivity index (χ3n) is 3.89. The molecule has 7 heteroatoms. The van der Waals surface area contributed by atoms with Crippen molar-refractivity contribution in [2.75, 3.05) is 32.1 Å². The summed E-state index contributed by atoms with van der Waals surface area (Å²) in [7, 11) is 2.04. The van der Waals surface area contributed by atoms with Crippen LogP contribution in [0.1, 0.15) is 30.1 Å². The lowest BCUT2D eigenvalue weighted by Gasteiger charge is -2.30. The van der Waals surface area contributed by atoms with Crippen molar-refractivity contribution < 1.29 is 9.18 Å². The van der Waals surface area contributed by atoms with Crippen molar-refractivity contribution in [2.45, 2.75) is 25.8 Å². The van der Waals surface area contributed by atoms with Gasteiger partial charge in [0.05, 0.1) is 5.56 Å². The lowest BCUT2D eigenvalue weighted by molar-refractivity contribution is 0.0671. The van der Waals surface area contributed by atoms with E-state index in [0.717, 1.165) is 25.9 Å². The van der Waals surface area contributed by atoms with Crippen LogP contribution in [0.25, 0.3) is 0 Å². The van der Waals surface area contributed by atoms with Crippen LogP contribution in [-0.4, -0.2) is 53.4 Å². The maximum Gasteiger partial charge on any atom is 0.257 e. The molecule has 2 heterocycles. The van der Waals surface area contributed by atoms with Crippen molar-refractivity contribution in [1.29, 1.82) is 0 Å². The van der Waals surface area contributed by atoms with Gasteiger partial charge >= 0.3 is 0 Å². The predicted molar refractivity (Wildman–Crippen MR) is 79.2 cm³/mol. The van der Waals surface area contributed by atoms with Gasteiger partial charge in [-0.15, -0.1) is 0 Å². The molecule has 0 aliphatic carbocycles. The highest BCUT2D eigenvalue weighted by Gasteiger charge is 2.29. The van der Waals surface area contributed by atoms with E-state index >= 15 is 0 Å². The van der Waals surface area contributed by atoms with E-state index in [1.54, 1.807) is 4.90 Å². The normalized spacial score (nSPS) is 20.2. The molecule has 0 aromatic carbocycles. The van der Waals surface area contributed by atoms with E-state index < -0.39 is 5.82 Å². The van der Waals surface area contributed by atoms with Crippen LogP contribution < -0.4 is 11.3 Å². The summed E-state index contributed by atoms with van der Waals surface area (Å²) in [5, 5.41) is 0. The van der Waals surface area contributed by atoms with Crippen LogP contribution >= 0.6 is 0 Å². The van der Waals surface area contributed by atoms with Gasteiger partial charge in [-0.1, -0.05) is 6.92 Å². The summed E-state index contributed by atoms with van der Waals surface area (Å²) >= 11 is 0. The number of nitrogens with two attached hydrogens (primary N) is 1. The Hall–Kier alpha value is -1.73. The van der Waals surface area contributed by atoms with Crippen LogP contribution in [-0.2, 0) is 0 Å². The lowest BCUT2D eigenvalue weighted by Crippen LogP contribution is -2.43. The van der Waals surface area contributed by atoms with Crippen LogP contribution in [0.2, 0.25) is 0 Å². The van der Waals surface area contributed by atoms with Crippen LogP contribution in [0.3, 0.4) is 0 Å². The highest BCUT2D eigenvalue weighted by Crippen LogP contribution is 2.20. The molecule has 0 spiro atoms. The molecule has 21 heavy (non-hydrogen) atoms. The van der Waals surface area contributed by atoms with Crippen molar-refractivity contribution in [3.8, 4) is 0 Å². The quantitative estimate of drug-likeness (QED) is 0.644. The first-order valence-corrected chi connectivity index (χ1v) is 7.19. The van der Waals surface area contributed by atoms with Gasteiger partial charge in [0.25, 0.3) is 5.91 Å². The third-order valence-corrected chi connectivity index (χ3v) is 3.89. The molecular weight excluding hydrogens is 273 g/mol. The van der Waals surface area contributed by atoms with Crippen LogP contribution in [0.4, 0.5) is 10.2 Å². The van der Waals surface area contributed by atoms with E-state index in [4.69, 9.17) is 5.84 Å². The number of likely N-dealkylation sites (N-methyl/N-ethyl adjacent to an activating group) is 1. The molecule has 116 valence electrons. The van der Waals surface area contributed by atoms with Gasteiger partial charge in [0, 0.05) is 25.3 Å². The molecule has 1 aliphatic rings. The molecule has 1 atom stereocenters. The monoisotopic (exact) mass is 295 g/mol. The van der Waals surface area contributed by atoms with Gasteiger partial charge in [-0.2, -0.15) is 0 Å². The minimum atomic E-state index is -0.697. The average molecular weight is 295 g/mol. The highest BCUT2D eigenvalue weighted by atomic mass is 19.1. The summed E-state index contributed by atoms with van der Waals surface area (Å²) in [6.07, 6.45) is 3.11. The number of nitrogens with one attached hydrogen (secondary N) is 1. The second kappa shape index (κ2) is 6.82. The van der Waals surface area contributed by atoms with Crippen LogP contribution in [0, 0.1) is 5.82 Å². The van der Waals surface area contributed by atoms with Crippen molar-refractivity contribution in [3.63, 3.8) is 0 Å². The topological polar surface area (TPSA) is 74.5 Å². The number of nitrogen functional groups attached to an aromatic ring is 1. The molecule has 0 radical (unpaired) electrons. The van der Waals surface area contributed by atoms with Gasteiger partial charge in [0.15, 0.2) is 11.6 Å². The fourth-order valence-electron chi connectivity index (χ4n) is 2.72. The summed E-state index contributed by atoms with van der Waals surface area (Å²) in [6.45, 7) is 4.42. The number of hydrazine groups is 1. The molecular formula is C14H22FN5O. The molecule has 1 saturated heterocycles. The Morgan fingerprint density at radius 1 is 1.57 bits per heavy atom. The van der Waals surface area contributed by atoms with Gasteiger partial charge in [-0.05, 0) is 32.5 Å². The SMILES string of the molecule is CCC1CN(C)CCCN1C(=O)c1ccnc(NN)c1F. The van der Waals surface area contributed by atoms with Gasteiger partial charge in [0.2, 0.25) is 0 Å². The Morgan fingerprint density at radius 3 is 3.00 bits per heavy atom. The molecule has 1 aromatic heterocycles. The number of carbonyl (C=O) groups is 1. The maximum absolute atomic E-state index is 14.2. The van der Waals surface area contributed by atoms with Crippen LogP contribution in [0.15, 0.2) is 12.3 Å². The van der Waals surface area contributed by atoms with E-state index in [1.807, 2.05) is 14.0 Å². The van der Waals surface area contributed by atoms with E-state index in [2.05, 4.69) is 15.3 Å². The van der Waals surface area contributed by atoms with Crippen molar-refractivity contribution in [1.82, 2.24) is 14.8 Å². The highest BCUT2D eigenvalue weighted by molar-refractivity contribution is 5.95. The molecule has 1 amide bonds. The molecule has 1 aromatic rings. The number of amides is 1. The number of hydrogen-bond acceptors (Lipinski definition) is 5. The number of aromatic nitrogens is 1. The Balaban J connectivity index is 2.29. The Kier molecular flexibility index (Phi) is 5.08. The summed E-state index contributed by atoms with van der Waals surface area (Å²) in [6, 6.07) is 1.49. The van der Waals surface area contributed by atoms with Gasteiger partial charge in [0.1, 0.15) is 0 Å². The van der Waals surface area contributed by atoms with Gasteiger partial charge in [-0.3, -0.25) is 4.79 Å². The Morgan fingerprint density at radius 2 is 2.33 bits per heavy atom. The fraction of sp³-hybridized carbons (Fsp3) is 0.571. The second-order valence-corrected chi connectivity index (χ2v) is 5.34. The van der Waals surface area contributed by atoms with E-state index in [1.165, 1.54) is 12.3 Å². The number of hydrogen-bond donors (Lipinski definition) is 2. The predicted octanol–water partition coefficient (Wildman–Crippen LogP) is 1.06.